The maximum Gasteiger partial charge on any atom is 0.211 e. The smallest absolute Gasteiger partial charge is 0.211 e. The molecule has 1 aromatic carbocycles. The number of nitrogens with two attached hydrogens (primary N) is 1. The van der Waals surface area contributed by atoms with Crippen molar-refractivity contribution in [3.63, 3.8) is 0 Å². The Hall–Kier alpha value is -2.31. The number of allylic oxidation sites excluding steroid dienone is 1. The van der Waals surface area contributed by atoms with E-state index in [4.69, 9.17) is 17.3 Å². The van der Waals surface area contributed by atoms with Crippen LogP contribution in [0.5, 0.6) is 0 Å². The second-order valence-corrected chi connectivity index (χ2v) is 6.04. The van der Waals surface area contributed by atoms with E-state index < -0.39 is 0 Å². The van der Waals surface area contributed by atoms with Crippen LogP contribution in [0, 0.1) is 0 Å². The maximum absolute atomic E-state index is 10.9. The number of aromatic amines is 1. The van der Waals surface area contributed by atoms with E-state index in [-0.39, 0.29) is 6.04 Å². The topological polar surface area (TPSA) is 95.8 Å². The molecule has 0 spiro atoms. The van der Waals surface area contributed by atoms with E-state index in [9.17, 15) is 4.79 Å². The van der Waals surface area contributed by atoms with Crippen LogP contribution < -0.4 is 16.4 Å². The van der Waals surface area contributed by atoms with Gasteiger partial charge in [-0.1, -0.05) is 37.1 Å². The summed E-state index contributed by atoms with van der Waals surface area (Å²) in [6.07, 6.45) is 7.64. The van der Waals surface area contributed by atoms with Crippen molar-refractivity contribution in [3.8, 4) is 11.3 Å². The third-order valence-electron chi connectivity index (χ3n) is 3.82. The number of benzene rings is 1. The normalized spacial score (nSPS) is 12.3. The van der Waals surface area contributed by atoms with Gasteiger partial charge in [-0.15, -0.1) is 0 Å². The van der Waals surface area contributed by atoms with Crippen molar-refractivity contribution in [1.82, 2.24) is 9.97 Å². The van der Waals surface area contributed by atoms with Gasteiger partial charge in [0.05, 0.1) is 11.7 Å². The largest absolute Gasteiger partial charge is 0.388 e. The standard InChI is InChI=1S/C18H24ClN5O/c1-3-4-5-6-7-14(20)18-23-16(17(19)24-18)13-9-8-12(21-2)10-15(13)22-11-25/h5-6,8-11,14,21H,3-4,7,20H2,1-2H3,(H,22,25)(H,23,24)/b6-5+. The first-order valence-electron chi connectivity index (χ1n) is 8.29. The lowest BCUT2D eigenvalue weighted by molar-refractivity contribution is -0.105. The molecule has 0 saturated heterocycles. The molecule has 1 aromatic heterocycles. The maximum atomic E-state index is 10.9. The van der Waals surface area contributed by atoms with Gasteiger partial charge in [-0.3, -0.25) is 4.79 Å². The summed E-state index contributed by atoms with van der Waals surface area (Å²) >= 11 is 6.33. The van der Waals surface area contributed by atoms with Gasteiger partial charge in [0.2, 0.25) is 6.41 Å². The molecule has 1 atom stereocenters. The molecule has 0 saturated carbocycles. The number of halogens is 1. The average molecular weight is 362 g/mol. The molecule has 0 bridgehead atoms. The van der Waals surface area contributed by atoms with Gasteiger partial charge < -0.3 is 21.4 Å². The Bertz CT molecular complexity index is 741. The van der Waals surface area contributed by atoms with Crippen molar-refractivity contribution in [2.24, 2.45) is 5.73 Å². The van der Waals surface area contributed by atoms with Crippen molar-refractivity contribution >= 4 is 29.4 Å². The molecule has 134 valence electrons. The minimum Gasteiger partial charge on any atom is -0.388 e. The quantitative estimate of drug-likeness (QED) is 0.399. The first-order valence-corrected chi connectivity index (χ1v) is 8.66. The van der Waals surface area contributed by atoms with Crippen LogP contribution in [0.2, 0.25) is 5.15 Å². The van der Waals surface area contributed by atoms with Gasteiger partial charge in [-0.05, 0) is 31.0 Å². The fourth-order valence-electron chi connectivity index (χ4n) is 2.45. The lowest BCUT2D eigenvalue weighted by Gasteiger charge is -2.09. The SMILES string of the molecule is CCC/C=C/CC(N)c1nc(-c2ccc(NC)cc2NC=O)c(Cl)[nH]1. The predicted molar refractivity (Wildman–Crippen MR) is 104 cm³/mol. The molecule has 0 fully saturated rings. The van der Waals surface area contributed by atoms with E-state index >= 15 is 0 Å². The fraction of sp³-hybridized carbons (Fsp3) is 0.333. The van der Waals surface area contributed by atoms with Crippen LogP contribution in [0.15, 0.2) is 30.4 Å². The van der Waals surface area contributed by atoms with Crippen LogP contribution in [0.4, 0.5) is 11.4 Å². The summed E-state index contributed by atoms with van der Waals surface area (Å²) in [5, 5.41) is 6.12. The Morgan fingerprint density at radius 3 is 2.88 bits per heavy atom. The summed E-state index contributed by atoms with van der Waals surface area (Å²) in [4.78, 5) is 18.5. The molecule has 25 heavy (non-hydrogen) atoms. The molecule has 5 N–H and O–H groups in total. The minimum atomic E-state index is -0.265. The van der Waals surface area contributed by atoms with Crippen LogP contribution in [0.25, 0.3) is 11.3 Å². The zero-order valence-electron chi connectivity index (χ0n) is 14.5. The molecule has 7 heteroatoms. The van der Waals surface area contributed by atoms with E-state index in [1.807, 2.05) is 25.2 Å². The minimum absolute atomic E-state index is 0.265. The number of unbranched alkanes of at least 4 members (excludes halogenated alkanes) is 1. The number of carbonyl (C=O) groups is 1. The molecular weight excluding hydrogens is 338 g/mol. The van der Waals surface area contributed by atoms with Gasteiger partial charge in [-0.2, -0.15) is 0 Å². The highest BCUT2D eigenvalue weighted by atomic mass is 35.5. The number of carbonyl (C=O) groups excluding carboxylic acids is 1. The van der Waals surface area contributed by atoms with Crippen LogP contribution in [0.1, 0.15) is 38.1 Å². The first-order chi connectivity index (χ1) is 12.1. The van der Waals surface area contributed by atoms with Gasteiger partial charge in [0.1, 0.15) is 16.7 Å². The number of rotatable bonds is 9. The third kappa shape index (κ3) is 4.84. The lowest BCUT2D eigenvalue weighted by atomic mass is 10.1. The fourth-order valence-corrected chi connectivity index (χ4v) is 2.69. The van der Waals surface area contributed by atoms with Crippen LogP contribution in [0.3, 0.4) is 0 Å². The number of imidazole rings is 1. The van der Waals surface area contributed by atoms with E-state index in [0.717, 1.165) is 24.1 Å². The lowest BCUT2D eigenvalue weighted by Crippen LogP contribution is -2.11. The monoisotopic (exact) mass is 361 g/mol. The molecule has 6 nitrogen and oxygen atoms in total. The molecule has 0 aliphatic carbocycles. The third-order valence-corrected chi connectivity index (χ3v) is 4.09. The van der Waals surface area contributed by atoms with Crippen LogP contribution in [-0.2, 0) is 4.79 Å². The summed E-state index contributed by atoms with van der Waals surface area (Å²) in [6.45, 7) is 2.13. The molecule has 0 aliphatic rings. The Morgan fingerprint density at radius 2 is 2.20 bits per heavy atom. The van der Waals surface area contributed by atoms with Crippen molar-refractivity contribution in [2.75, 3.05) is 17.7 Å². The van der Waals surface area contributed by atoms with E-state index in [1.54, 1.807) is 0 Å². The number of nitrogens with one attached hydrogen (secondary N) is 3. The Morgan fingerprint density at radius 1 is 1.40 bits per heavy atom. The van der Waals surface area contributed by atoms with Crippen molar-refractivity contribution in [2.45, 2.75) is 32.2 Å². The van der Waals surface area contributed by atoms with Gasteiger partial charge >= 0.3 is 0 Å². The Labute approximate surface area is 152 Å². The molecule has 0 aliphatic heterocycles. The molecule has 2 aromatic rings. The van der Waals surface area contributed by atoms with Crippen LogP contribution in [-0.4, -0.2) is 23.4 Å². The van der Waals surface area contributed by atoms with Gasteiger partial charge in [0, 0.05) is 18.3 Å². The van der Waals surface area contributed by atoms with Gasteiger partial charge in [0.25, 0.3) is 0 Å². The van der Waals surface area contributed by atoms with Crippen molar-refractivity contribution in [3.05, 3.63) is 41.3 Å². The Kier molecular flexibility index (Phi) is 7.03. The van der Waals surface area contributed by atoms with E-state index in [0.29, 0.717) is 35.2 Å². The highest BCUT2D eigenvalue weighted by Crippen LogP contribution is 2.34. The summed E-state index contributed by atoms with van der Waals surface area (Å²) in [5.41, 5.74) is 8.99. The number of hydrogen-bond donors (Lipinski definition) is 4. The van der Waals surface area contributed by atoms with Crippen LogP contribution >= 0.6 is 11.6 Å². The summed E-state index contributed by atoms with van der Waals surface area (Å²) in [7, 11) is 1.81. The molecule has 1 amide bonds. The number of nitrogens with zero attached hydrogens (tertiary/aromatic N) is 1. The molecule has 1 unspecified atom stereocenters. The van der Waals surface area contributed by atoms with Gasteiger partial charge in [0.15, 0.2) is 0 Å². The second kappa shape index (κ2) is 9.25. The first kappa shape index (κ1) is 19.0. The number of amides is 1. The van der Waals surface area contributed by atoms with Crippen molar-refractivity contribution in [1.29, 1.82) is 0 Å². The number of H-pyrrole nitrogens is 1. The number of anilines is 2. The van der Waals surface area contributed by atoms with E-state index in [1.165, 1.54) is 0 Å². The van der Waals surface area contributed by atoms with Crippen molar-refractivity contribution < 1.29 is 4.79 Å². The number of hydrogen-bond acceptors (Lipinski definition) is 4. The molecule has 1 heterocycles. The number of aromatic nitrogens is 2. The zero-order chi connectivity index (χ0) is 18.2. The summed E-state index contributed by atoms with van der Waals surface area (Å²) in [6, 6.07) is 5.31. The summed E-state index contributed by atoms with van der Waals surface area (Å²) < 4.78 is 0. The van der Waals surface area contributed by atoms with E-state index in [2.05, 4.69) is 39.7 Å². The molecule has 0 radical (unpaired) electrons. The highest BCUT2D eigenvalue weighted by molar-refractivity contribution is 6.32. The Balaban J connectivity index is 2.29. The average Bonchev–Trinajstić information content (AvgIpc) is 3.00. The molecule has 2 rings (SSSR count). The van der Waals surface area contributed by atoms with Gasteiger partial charge in [-0.25, -0.2) is 4.98 Å². The predicted octanol–water partition coefficient (Wildman–Crippen LogP) is 4.09. The molecular formula is C18H24ClN5O. The zero-order valence-corrected chi connectivity index (χ0v) is 15.2. The second-order valence-electron chi connectivity index (χ2n) is 5.66. The summed E-state index contributed by atoms with van der Waals surface area (Å²) in [5.74, 6) is 0.621. The highest BCUT2D eigenvalue weighted by Gasteiger charge is 2.17.